The molecule has 9 heteroatoms. The first-order chi connectivity index (χ1) is 38.6. The Kier molecular flexibility index (Phi) is 57.0. The number of quaternary nitrogens is 1. The molecule has 0 saturated heterocycles. The zero-order valence-electron chi connectivity index (χ0n) is 51.5. The Balaban J connectivity index is 3.97. The van der Waals surface area contributed by atoms with Gasteiger partial charge in [-0.25, -0.2) is 0 Å². The first-order valence-corrected chi connectivity index (χ1v) is 32.0. The number of nitrogens with zero attached hydrogens (tertiary/aromatic N) is 1. The van der Waals surface area contributed by atoms with Crippen molar-refractivity contribution >= 4 is 17.9 Å². The number of ether oxygens (including phenoxy) is 4. The lowest BCUT2D eigenvalue weighted by Crippen LogP contribution is -2.44. The molecule has 0 aliphatic rings. The van der Waals surface area contributed by atoms with E-state index in [1.807, 2.05) is 21.1 Å². The molecule has 0 spiro atoms. The molecule has 0 rings (SSSR count). The molecule has 0 bridgehead atoms. The number of aliphatic carboxylic acids is 1. The molecule has 9 nitrogen and oxygen atoms in total. The van der Waals surface area contributed by atoms with Crippen molar-refractivity contribution in [3.8, 4) is 0 Å². The molecule has 0 radical (unpaired) electrons. The van der Waals surface area contributed by atoms with Gasteiger partial charge in [0, 0.05) is 12.8 Å². The van der Waals surface area contributed by atoms with Crippen LogP contribution in [0.15, 0.2) is 109 Å². The fourth-order valence-corrected chi connectivity index (χ4v) is 8.67. The number of hydrogen-bond donors (Lipinski definition) is 0. The molecule has 452 valence electrons. The summed E-state index contributed by atoms with van der Waals surface area (Å²) in [4.78, 5) is 37.2. The second-order valence-corrected chi connectivity index (χ2v) is 22.3. The maximum atomic E-state index is 12.9. The van der Waals surface area contributed by atoms with Crippen molar-refractivity contribution in [3.63, 3.8) is 0 Å². The molecule has 0 fully saturated rings. The van der Waals surface area contributed by atoms with Crippen molar-refractivity contribution in [3.05, 3.63) is 109 Å². The average Bonchev–Trinajstić information content (AvgIpc) is 3.42. The summed E-state index contributed by atoms with van der Waals surface area (Å²) in [5, 5.41) is 11.8. The lowest BCUT2D eigenvalue weighted by atomic mass is 10.0. The Morgan fingerprint density at radius 2 is 0.684 bits per heavy atom. The number of carboxylic acids is 1. The average molecular weight is 1100 g/mol. The fraction of sp³-hybridized carbons (Fsp3) is 0.700. The normalized spacial score (nSPS) is 13.5. The summed E-state index contributed by atoms with van der Waals surface area (Å²) in [6, 6.07) is 0. The van der Waals surface area contributed by atoms with Crippen molar-refractivity contribution in [2.75, 3.05) is 47.5 Å². The Hall–Kier alpha value is -4.05. The van der Waals surface area contributed by atoms with E-state index >= 15 is 0 Å². The Morgan fingerprint density at radius 3 is 1.03 bits per heavy atom. The van der Waals surface area contributed by atoms with Crippen molar-refractivity contribution in [1.29, 1.82) is 0 Å². The van der Waals surface area contributed by atoms with Crippen LogP contribution in [0.3, 0.4) is 0 Å². The lowest BCUT2D eigenvalue weighted by molar-refractivity contribution is -0.870. The zero-order chi connectivity index (χ0) is 57.6. The summed E-state index contributed by atoms with van der Waals surface area (Å²) in [5.74, 6) is -2.32. The second-order valence-electron chi connectivity index (χ2n) is 22.3. The number of rotatable bonds is 58. The number of allylic oxidation sites excluding steroid dienone is 18. The van der Waals surface area contributed by atoms with Crippen LogP contribution in [0.5, 0.6) is 0 Å². The molecule has 0 heterocycles. The van der Waals surface area contributed by atoms with Crippen LogP contribution >= 0.6 is 0 Å². The number of hydrogen-bond acceptors (Lipinski definition) is 8. The summed E-state index contributed by atoms with van der Waals surface area (Å²) in [7, 11) is 5.91. The van der Waals surface area contributed by atoms with Crippen molar-refractivity contribution in [2.45, 2.75) is 270 Å². The van der Waals surface area contributed by atoms with E-state index in [2.05, 4.69) is 123 Å². The summed E-state index contributed by atoms with van der Waals surface area (Å²) in [6.07, 6.45) is 80.5. The van der Waals surface area contributed by atoms with Gasteiger partial charge in [-0.3, -0.25) is 9.59 Å². The Morgan fingerprint density at radius 1 is 0.380 bits per heavy atom. The third kappa shape index (κ3) is 61.4. The van der Waals surface area contributed by atoms with Crippen LogP contribution in [0.4, 0.5) is 0 Å². The maximum Gasteiger partial charge on any atom is 0.306 e. The van der Waals surface area contributed by atoms with Crippen LogP contribution in [-0.2, 0) is 33.3 Å². The number of carbonyl (C=O) groups is 3. The first kappa shape index (κ1) is 75.0. The van der Waals surface area contributed by atoms with Crippen molar-refractivity contribution in [1.82, 2.24) is 0 Å². The molecule has 0 amide bonds. The highest BCUT2D eigenvalue weighted by molar-refractivity contribution is 5.70. The van der Waals surface area contributed by atoms with E-state index in [1.54, 1.807) is 0 Å². The summed E-state index contributed by atoms with van der Waals surface area (Å²) in [6.45, 7) is 4.48. The third-order valence-corrected chi connectivity index (χ3v) is 13.5. The van der Waals surface area contributed by atoms with Crippen LogP contribution in [0, 0.1) is 0 Å². The van der Waals surface area contributed by atoms with E-state index in [4.69, 9.17) is 18.9 Å². The number of unbranched alkanes of at least 4 members (excludes halogenated alkanes) is 25. The third-order valence-electron chi connectivity index (χ3n) is 13.5. The van der Waals surface area contributed by atoms with Gasteiger partial charge >= 0.3 is 11.9 Å². The number of carboxylic acid groups (broad SMARTS) is 1. The molecule has 0 aliphatic heterocycles. The molecule has 79 heavy (non-hydrogen) atoms. The highest BCUT2D eigenvalue weighted by Gasteiger charge is 2.22. The van der Waals surface area contributed by atoms with Crippen LogP contribution < -0.4 is 5.11 Å². The van der Waals surface area contributed by atoms with E-state index in [-0.39, 0.29) is 38.6 Å². The standard InChI is InChI=1S/C70H119NO8/c1-6-8-10-12-14-16-18-20-21-22-23-24-25-26-27-28-29-30-31-32-33-34-35-36-37-38-39-40-41-42-43-44-45-46-47-49-51-53-55-57-59-61-68(73)79-66(65-78-70(69(74)75)76-63-62-71(3,4)5)64-77-67(72)60-58-56-54-52-50-48-19-17-15-13-11-9-7-2/h8-11,14-17,20-21,23-24,26-27,29-30,48,50,66,70H,6-7,12-13,18-19,22,25,28,31-47,49,51-65H2,1-5H3/b10-8-,11-9-,16-14-,17-15-,21-20-,24-23-,27-26-,30-29-,50-48-. The van der Waals surface area contributed by atoms with E-state index in [9.17, 15) is 19.5 Å². The van der Waals surface area contributed by atoms with Gasteiger partial charge in [-0.1, -0.05) is 258 Å². The molecule has 2 atom stereocenters. The van der Waals surface area contributed by atoms with E-state index < -0.39 is 24.3 Å². The largest absolute Gasteiger partial charge is 0.545 e. The SMILES string of the molecule is CC/C=C\C/C=C\C/C=C\C/C=C\C/C=C\C/C=C\CCCCCCCCCCCCCCCCCCCCCCCCC(=O)OC(COC(=O)CCCCC/C=C\C/C=C\C/C=C\CC)COC(OCC[N+](C)(C)C)C(=O)[O-]. The van der Waals surface area contributed by atoms with Gasteiger partial charge in [0.2, 0.25) is 0 Å². The second kappa shape index (κ2) is 60.1. The molecule has 0 aromatic carbocycles. The number of esters is 2. The van der Waals surface area contributed by atoms with Crippen LogP contribution in [0.25, 0.3) is 0 Å². The van der Waals surface area contributed by atoms with Gasteiger partial charge < -0.3 is 33.3 Å². The minimum absolute atomic E-state index is 0.140. The van der Waals surface area contributed by atoms with Crippen LogP contribution in [0.1, 0.15) is 258 Å². The quantitative estimate of drug-likeness (QED) is 0.0195. The fourth-order valence-electron chi connectivity index (χ4n) is 8.67. The van der Waals surface area contributed by atoms with Gasteiger partial charge in [-0.05, 0) is 96.3 Å². The molecular formula is C70H119NO8. The Labute approximate surface area is 485 Å². The molecule has 0 N–H and O–H groups in total. The predicted octanol–water partition coefficient (Wildman–Crippen LogP) is 18.1. The maximum absolute atomic E-state index is 12.9. The van der Waals surface area contributed by atoms with E-state index in [0.717, 1.165) is 96.3 Å². The number of likely N-dealkylation sites (N-methyl/N-ethyl adjacent to an activating group) is 1. The van der Waals surface area contributed by atoms with Gasteiger partial charge in [-0.15, -0.1) is 0 Å². The van der Waals surface area contributed by atoms with Crippen molar-refractivity contribution in [2.24, 2.45) is 0 Å². The molecular weight excluding hydrogens is 983 g/mol. The minimum Gasteiger partial charge on any atom is -0.545 e. The summed E-state index contributed by atoms with van der Waals surface area (Å²) < 4.78 is 22.6. The smallest absolute Gasteiger partial charge is 0.306 e. The monoisotopic (exact) mass is 1100 g/mol. The topological polar surface area (TPSA) is 111 Å². The molecule has 0 saturated carbocycles. The van der Waals surface area contributed by atoms with Gasteiger partial charge in [-0.2, -0.15) is 0 Å². The highest BCUT2D eigenvalue weighted by atomic mass is 16.7. The Bertz CT molecular complexity index is 1660. The van der Waals surface area contributed by atoms with E-state index in [0.29, 0.717) is 23.9 Å². The minimum atomic E-state index is -1.63. The summed E-state index contributed by atoms with van der Waals surface area (Å²) in [5.41, 5.74) is 0. The first-order valence-electron chi connectivity index (χ1n) is 32.0. The summed E-state index contributed by atoms with van der Waals surface area (Å²) >= 11 is 0. The van der Waals surface area contributed by atoms with Gasteiger partial charge in [0.25, 0.3) is 0 Å². The van der Waals surface area contributed by atoms with Gasteiger partial charge in [0.1, 0.15) is 13.2 Å². The van der Waals surface area contributed by atoms with Crippen LogP contribution in [0.2, 0.25) is 0 Å². The van der Waals surface area contributed by atoms with Gasteiger partial charge in [0.05, 0.1) is 40.3 Å². The lowest BCUT2D eigenvalue weighted by Gasteiger charge is -2.26. The zero-order valence-corrected chi connectivity index (χ0v) is 51.5. The van der Waals surface area contributed by atoms with Crippen molar-refractivity contribution < 1.29 is 42.9 Å². The molecule has 0 aliphatic carbocycles. The van der Waals surface area contributed by atoms with Gasteiger partial charge in [0.15, 0.2) is 12.4 Å². The predicted molar refractivity (Wildman–Crippen MR) is 333 cm³/mol. The molecule has 2 unspecified atom stereocenters. The van der Waals surface area contributed by atoms with E-state index in [1.165, 1.54) is 122 Å². The highest BCUT2D eigenvalue weighted by Crippen LogP contribution is 2.17. The molecule has 0 aromatic heterocycles. The molecule has 0 aromatic rings. The van der Waals surface area contributed by atoms with Crippen LogP contribution in [-0.4, -0.2) is 82.3 Å². The number of carbonyl (C=O) groups excluding carboxylic acids is 3.